The molecule has 0 bridgehead atoms. The molecule has 0 aromatic rings. The molecule has 104 valence electrons. The topological polar surface area (TPSA) is 44.7 Å². The molecule has 1 rings (SSSR count). The van der Waals surface area contributed by atoms with Crippen molar-refractivity contribution in [2.75, 3.05) is 52.5 Å². The highest BCUT2D eigenvalue weighted by Crippen LogP contribution is 1.98. The van der Waals surface area contributed by atoms with Gasteiger partial charge < -0.3 is 20.1 Å². The lowest BCUT2D eigenvalue weighted by molar-refractivity contribution is 0.104. The molecule has 0 saturated carbocycles. The Balaban J connectivity index is 0.00000121. The van der Waals surface area contributed by atoms with Gasteiger partial charge in [-0.15, -0.1) is 0 Å². The summed E-state index contributed by atoms with van der Waals surface area (Å²) in [5, 5.41) is 12.2. The minimum Gasteiger partial charge on any atom is -0.396 e. The smallest absolute Gasteiger partial charge is 0.0594 e. The number of nitrogens with one attached hydrogen (secondary N) is 1. The maximum absolute atomic E-state index is 8.80. The zero-order valence-corrected chi connectivity index (χ0v) is 11.6. The quantitative estimate of drug-likeness (QED) is 0.783. The van der Waals surface area contributed by atoms with E-state index in [1.807, 2.05) is 13.8 Å². The second-order valence-corrected chi connectivity index (χ2v) is 3.99. The molecule has 0 atom stereocenters. The van der Waals surface area contributed by atoms with E-state index in [0.717, 1.165) is 52.4 Å². The normalized spacial score (nSPS) is 19.9. The zero-order valence-electron chi connectivity index (χ0n) is 11.6. The van der Waals surface area contributed by atoms with E-state index >= 15 is 0 Å². The van der Waals surface area contributed by atoms with Crippen LogP contribution in [0.4, 0.5) is 0 Å². The molecule has 1 fully saturated rings. The third-order valence-corrected chi connectivity index (χ3v) is 2.69. The van der Waals surface area contributed by atoms with Gasteiger partial charge in [-0.2, -0.15) is 0 Å². The van der Waals surface area contributed by atoms with Crippen molar-refractivity contribution in [1.29, 1.82) is 0 Å². The fourth-order valence-corrected chi connectivity index (χ4v) is 1.78. The molecule has 0 aromatic heterocycles. The van der Waals surface area contributed by atoms with Crippen LogP contribution in [-0.2, 0) is 4.74 Å². The highest BCUT2D eigenvalue weighted by molar-refractivity contribution is 4.60. The minimum absolute atomic E-state index is 0.291. The summed E-state index contributed by atoms with van der Waals surface area (Å²) >= 11 is 0. The first-order chi connectivity index (χ1) is 8.43. The van der Waals surface area contributed by atoms with Crippen LogP contribution in [0.15, 0.2) is 0 Å². The van der Waals surface area contributed by atoms with Crippen molar-refractivity contribution in [2.45, 2.75) is 33.1 Å². The molecule has 2 N–H and O–H groups in total. The molecular weight excluding hydrogens is 216 g/mol. The van der Waals surface area contributed by atoms with Crippen LogP contribution in [0.3, 0.4) is 0 Å². The third kappa shape index (κ3) is 10.7. The zero-order chi connectivity index (χ0) is 12.8. The minimum atomic E-state index is 0.291. The Morgan fingerprint density at radius 3 is 2.71 bits per heavy atom. The van der Waals surface area contributed by atoms with Crippen LogP contribution in [0.1, 0.15) is 33.1 Å². The van der Waals surface area contributed by atoms with E-state index in [0.29, 0.717) is 6.61 Å². The van der Waals surface area contributed by atoms with Gasteiger partial charge in [-0.3, -0.25) is 0 Å². The summed E-state index contributed by atoms with van der Waals surface area (Å²) in [6, 6.07) is 0. The molecular formula is C13H30N2O2. The first-order valence-electron chi connectivity index (χ1n) is 7.05. The van der Waals surface area contributed by atoms with Gasteiger partial charge in [0.15, 0.2) is 0 Å². The van der Waals surface area contributed by atoms with E-state index in [1.165, 1.54) is 12.8 Å². The lowest BCUT2D eigenvalue weighted by Gasteiger charge is -2.21. The Labute approximate surface area is 106 Å². The van der Waals surface area contributed by atoms with Gasteiger partial charge in [0.2, 0.25) is 0 Å². The Morgan fingerprint density at radius 2 is 1.94 bits per heavy atom. The van der Waals surface area contributed by atoms with Gasteiger partial charge in [-0.1, -0.05) is 13.8 Å². The summed E-state index contributed by atoms with van der Waals surface area (Å²) in [4.78, 5) is 2.39. The molecule has 1 saturated heterocycles. The van der Waals surface area contributed by atoms with Gasteiger partial charge in [-0.05, 0) is 32.4 Å². The number of aliphatic hydroxyl groups excluding tert-OH is 1. The fraction of sp³-hybridized carbons (Fsp3) is 1.00. The molecule has 1 heterocycles. The number of nitrogens with zero attached hydrogens (tertiary/aromatic N) is 1. The van der Waals surface area contributed by atoms with Crippen LogP contribution in [0.25, 0.3) is 0 Å². The van der Waals surface area contributed by atoms with E-state index in [-0.39, 0.29) is 0 Å². The second-order valence-electron chi connectivity index (χ2n) is 3.99. The monoisotopic (exact) mass is 246 g/mol. The Morgan fingerprint density at radius 1 is 1.12 bits per heavy atom. The van der Waals surface area contributed by atoms with Crippen LogP contribution in [-0.4, -0.2) is 62.6 Å². The molecule has 0 aromatic carbocycles. The second kappa shape index (κ2) is 13.9. The molecule has 17 heavy (non-hydrogen) atoms. The number of hydrogen-bond acceptors (Lipinski definition) is 4. The predicted octanol–water partition coefficient (Wildman–Crippen LogP) is 1.10. The molecule has 0 amide bonds. The average molecular weight is 246 g/mol. The summed E-state index contributed by atoms with van der Waals surface area (Å²) in [7, 11) is 0. The molecule has 4 heteroatoms. The first kappa shape index (κ1) is 16.8. The van der Waals surface area contributed by atoms with Gasteiger partial charge in [0.05, 0.1) is 13.2 Å². The number of hydrogen-bond donors (Lipinski definition) is 2. The molecule has 4 nitrogen and oxygen atoms in total. The van der Waals surface area contributed by atoms with E-state index in [1.54, 1.807) is 0 Å². The van der Waals surface area contributed by atoms with Crippen molar-refractivity contribution in [3.63, 3.8) is 0 Å². The maximum Gasteiger partial charge on any atom is 0.0594 e. The largest absolute Gasteiger partial charge is 0.396 e. The Hall–Kier alpha value is -0.160. The van der Waals surface area contributed by atoms with Crippen molar-refractivity contribution < 1.29 is 9.84 Å². The van der Waals surface area contributed by atoms with Crippen LogP contribution in [0.5, 0.6) is 0 Å². The van der Waals surface area contributed by atoms with E-state index < -0.39 is 0 Å². The van der Waals surface area contributed by atoms with Gasteiger partial charge in [0.25, 0.3) is 0 Å². The molecule has 1 aliphatic heterocycles. The molecule has 1 aliphatic rings. The van der Waals surface area contributed by atoms with Gasteiger partial charge in [0, 0.05) is 26.2 Å². The van der Waals surface area contributed by atoms with Crippen molar-refractivity contribution in [1.82, 2.24) is 10.2 Å². The summed E-state index contributed by atoms with van der Waals surface area (Å²) in [6.07, 6.45) is 3.34. The Kier molecular flexibility index (Phi) is 13.8. The first-order valence-corrected chi connectivity index (χ1v) is 7.05. The maximum atomic E-state index is 8.80. The SMILES string of the molecule is CC.OCCCN1CCCCNCCOCC1. The predicted molar refractivity (Wildman–Crippen MR) is 72.4 cm³/mol. The number of rotatable bonds is 3. The summed E-state index contributed by atoms with van der Waals surface area (Å²) < 4.78 is 5.51. The van der Waals surface area contributed by atoms with E-state index in [4.69, 9.17) is 9.84 Å². The molecule has 0 spiro atoms. The fourth-order valence-electron chi connectivity index (χ4n) is 1.78. The average Bonchev–Trinajstić information content (AvgIpc) is 2.44. The van der Waals surface area contributed by atoms with Crippen molar-refractivity contribution in [3.8, 4) is 0 Å². The lowest BCUT2D eigenvalue weighted by Crippen LogP contribution is -2.30. The molecule has 0 aliphatic carbocycles. The molecule has 0 radical (unpaired) electrons. The van der Waals surface area contributed by atoms with Gasteiger partial charge in [-0.25, -0.2) is 0 Å². The van der Waals surface area contributed by atoms with Crippen molar-refractivity contribution in [2.24, 2.45) is 0 Å². The van der Waals surface area contributed by atoms with Crippen molar-refractivity contribution >= 4 is 0 Å². The standard InChI is InChI=1S/C11H24N2O2.C2H6/c14-9-3-7-13-6-2-1-4-12-5-10-15-11-8-13;1-2/h12,14H,1-11H2;1-2H3. The third-order valence-electron chi connectivity index (χ3n) is 2.69. The Bertz CT molecular complexity index is 133. The lowest BCUT2D eigenvalue weighted by atomic mass is 10.2. The summed E-state index contributed by atoms with van der Waals surface area (Å²) in [5.41, 5.74) is 0. The summed E-state index contributed by atoms with van der Waals surface area (Å²) in [5.74, 6) is 0. The van der Waals surface area contributed by atoms with E-state index in [2.05, 4.69) is 10.2 Å². The highest BCUT2D eigenvalue weighted by Gasteiger charge is 2.05. The van der Waals surface area contributed by atoms with Crippen LogP contribution >= 0.6 is 0 Å². The number of ether oxygens (including phenoxy) is 1. The van der Waals surface area contributed by atoms with Crippen LogP contribution < -0.4 is 5.32 Å². The number of aliphatic hydroxyl groups is 1. The highest BCUT2D eigenvalue weighted by atomic mass is 16.5. The van der Waals surface area contributed by atoms with Crippen LogP contribution in [0, 0.1) is 0 Å². The van der Waals surface area contributed by atoms with Gasteiger partial charge in [0.1, 0.15) is 0 Å². The van der Waals surface area contributed by atoms with E-state index in [9.17, 15) is 0 Å². The summed E-state index contributed by atoms with van der Waals surface area (Å²) in [6.45, 7) is 11.1. The van der Waals surface area contributed by atoms with Crippen molar-refractivity contribution in [3.05, 3.63) is 0 Å². The van der Waals surface area contributed by atoms with Crippen LogP contribution in [0.2, 0.25) is 0 Å². The van der Waals surface area contributed by atoms with Gasteiger partial charge >= 0.3 is 0 Å². The molecule has 0 unspecified atom stereocenters.